The van der Waals surface area contributed by atoms with E-state index >= 15 is 0 Å². The number of benzene rings is 1. The van der Waals surface area contributed by atoms with Gasteiger partial charge in [0.15, 0.2) is 0 Å². The zero-order chi connectivity index (χ0) is 12.8. The molecule has 0 heterocycles. The Morgan fingerprint density at radius 2 is 2.12 bits per heavy atom. The van der Waals surface area contributed by atoms with Crippen molar-refractivity contribution >= 4 is 5.69 Å². The minimum absolute atomic E-state index is 0.368. The first kappa shape index (κ1) is 13.8. The zero-order valence-corrected chi connectivity index (χ0v) is 11.3. The molecule has 0 saturated heterocycles. The molecule has 1 aromatic carbocycles. The molecule has 96 valence electrons. The maximum atomic E-state index is 5.89. The summed E-state index contributed by atoms with van der Waals surface area (Å²) in [6.45, 7) is 5.11. The number of hydrogen-bond donors (Lipinski definition) is 1. The maximum Gasteiger partial charge on any atom is 0.120 e. The third-order valence-electron chi connectivity index (χ3n) is 3.50. The zero-order valence-electron chi connectivity index (χ0n) is 11.3. The van der Waals surface area contributed by atoms with Gasteiger partial charge >= 0.3 is 0 Å². The van der Waals surface area contributed by atoms with E-state index in [9.17, 15) is 0 Å². The van der Waals surface area contributed by atoms with E-state index in [1.807, 2.05) is 18.2 Å². The molecule has 0 amide bonds. The smallest absolute Gasteiger partial charge is 0.120 e. The Bertz CT molecular complexity index is 341. The van der Waals surface area contributed by atoms with E-state index in [1.165, 1.54) is 0 Å². The Hall–Kier alpha value is -1.22. The van der Waals surface area contributed by atoms with Crippen LogP contribution in [0.5, 0.6) is 5.75 Å². The van der Waals surface area contributed by atoms with E-state index in [0.717, 1.165) is 17.9 Å². The highest BCUT2D eigenvalue weighted by Gasteiger charge is 2.19. The highest BCUT2D eigenvalue weighted by Crippen LogP contribution is 2.24. The van der Waals surface area contributed by atoms with Crippen molar-refractivity contribution in [3.63, 3.8) is 0 Å². The van der Waals surface area contributed by atoms with E-state index in [2.05, 4.69) is 31.9 Å². The van der Waals surface area contributed by atoms with Crippen LogP contribution in [0, 0.1) is 5.92 Å². The molecule has 0 aliphatic rings. The summed E-state index contributed by atoms with van der Waals surface area (Å²) in [4.78, 5) is 2.25. The third-order valence-corrected chi connectivity index (χ3v) is 3.50. The van der Waals surface area contributed by atoms with Gasteiger partial charge < -0.3 is 15.4 Å². The monoisotopic (exact) mass is 236 g/mol. The normalized spacial score (nSPS) is 14.2. The predicted octanol–water partition coefficient (Wildman–Crippen LogP) is 2.50. The van der Waals surface area contributed by atoms with Crippen molar-refractivity contribution in [2.45, 2.75) is 26.3 Å². The Balaban J connectivity index is 2.88. The summed E-state index contributed by atoms with van der Waals surface area (Å²) in [5.41, 5.74) is 7.04. The van der Waals surface area contributed by atoms with E-state index < -0.39 is 0 Å². The standard InChI is InChI=1S/C14H24N2O/c1-5-11(2)14(10-15)16(3)12-7-6-8-13(9-12)17-4/h6-9,11,14H,5,10,15H2,1-4H3. The lowest BCUT2D eigenvalue weighted by molar-refractivity contribution is 0.412. The fraction of sp³-hybridized carbons (Fsp3) is 0.571. The molecule has 1 rings (SSSR count). The third kappa shape index (κ3) is 3.37. The lowest BCUT2D eigenvalue weighted by Gasteiger charge is -2.33. The van der Waals surface area contributed by atoms with Crippen molar-refractivity contribution in [2.75, 3.05) is 25.6 Å². The van der Waals surface area contributed by atoms with Crippen molar-refractivity contribution < 1.29 is 4.74 Å². The fourth-order valence-electron chi connectivity index (χ4n) is 2.07. The molecule has 0 aliphatic carbocycles. The Labute approximate surface area is 105 Å². The van der Waals surface area contributed by atoms with Crippen molar-refractivity contribution in [2.24, 2.45) is 11.7 Å². The molecule has 0 aliphatic heterocycles. The number of nitrogens with two attached hydrogens (primary N) is 1. The molecule has 0 spiro atoms. The molecular weight excluding hydrogens is 212 g/mol. The lowest BCUT2D eigenvalue weighted by atomic mass is 9.97. The molecule has 3 heteroatoms. The van der Waals surface area contributed by atoms with Gasteiger partial charge in [0.1, 0.15) is 5.75 Å². The van der Waals surface area contributed by atoms with Gasteiger partial charge in [0.05, 0.1) is 7.11 Å². The number of hydrogen-bond acceptors (Lipinski definition) is 3. The SMILES string of the molecule is CCC(C)C(CN)N(C)c1cccc(OC)c1. The highest BCUT2D eigenvalue weighted by atomic mass is 16.5. The molecular formula is C14H24N2O. The van der Waals surface area contributed by atoms with Crippen LogP contribution in [0.1, 0.15) is 20.3 Å². The molecule has 3 nitrogen and oxygen atoms in total. The number of rotatable bonds is 6. The predicted molar refractivity (Wildman–Crippen MR) is 73.7 cm³/mol. The number of anilines is 1. The van der Waals surface area contributed by atoms with Gasteiger partial charge in [-0.1, -0.05) is 26.3 Å². The van der Waals surface area contributed by atoms with Gasteiger partial charge in [0.25, 0.3) is 0 Å². The average Bonchev–Trinajstić information content (AvgIpc) is 2.39. The fourth-order valence-corrected chi connectivity index (χ4v) is 2.07. The quantitative estimate of drug-likeness (QED) is 0.824. The number of nitrogens with zero attached hydrogens (tertiary/aromatic N) is 1. The van der Waals surface area contributed by atoms with E-state index in [4.69, 9.17) is 10.5 Å². The Kier molecular flexibility index (Phi) is 5.29. The maximum absolute atomic E-state index is 5.89. The van der Waals surface area contributed by atoms with Gasteiger partial charge in [-0.25, -0.2) is 0 Å². The summed E-state index contributed by atoms with van der Waals surface area (Å²) >= 11 is 0. The van der Waals surface area contributed by atoms with Crippen LogP contribution in [0.4, 0.5) is 5.69 Å². The molecule has 0 radical (unpaired) electrons. The van der Waals surface area contributed by atoms with Gasteiger partial charge in [-0.05, 0) is 18.1 Å². The minimum Gasteiger partial charge on any atom is -0.497 e. The molecule has 17 heavy (non-hydrogen) atoms. The van der Waals surface area contributed by atoms with Crippen LogP contribution in [-0.4, -0.2) is 26.7 Å². The topological polar surface area (TPSA) is 38.5 Å². The van der Waals surface area contributed by atoms with Crippen molar-refractivity contribution in [3.8, 4) is 5.75 Å². The van der Waals surface area contributed by atoms with Crippen LogP contribution in [-0.2, 0) is 0 Å². The Morgan fingerprint density at radius 1 is 1.41 bits per heavy atom. The molecule has 2 atom stereocenters. The summed E-state index contributed by atoms with van der Waals surface area (Å²) in [7, 11) is 3.78. The molecule has 0 aromatic heterocycles. The van der Waals surface area contributed by atoms with Gasteiger partial charge in [-0.15, -0.1) is 0 Å². The molecule has 2 unspecified atom stereocenters. The number of ether oxygens (including phenoxy) is 1. The van der Waals surface area contributed by atoms with E-state index in [1.54, 1.807) is 7.11 Å². The number of methoxy groups -OCH3 is 1. The highest BCUT2D eigenvalue weighted by molar-refractivity contribution is 5.51. The molecule has 2 N–H and O–H groups in total. The van der Waals surface area contributed by atoms with Gasteiger partial charge in [-0.2, -0.15) is 0 Å². The van der Waals surface area contributed by atoms with Crippen molar-refractivity contribution in [1.29, 1.82) is 0 Å². The lowest BCUT2D eigenvalue weighted by Crippen LogP contribution is -2.42. The van der Waals surface area contributed by atoms with Crippen LogP contribution >= 0.6 is 0 Å². The van der Waals surface area contributed by atoms with Gasteiger partial charge in [0, 0.05) is 31.4 Å². The first-order valence-electron chi connectivity index (χ1n) is 6.21. The summed E-state index contributed by atoms with van der Waals surface area (Å²) in [5, 5.41) is 0. The van der Waals surface area contributed by atoms with Crippen LogP contribution in [0.2, 0.25) is 0 Å². The van der Waals surface area contributed by atoms with Crippen molar-refractivity contribution in [1.82, 2.24) is 0 Å². The van der Waals surface area contributed by atoms with Gasteiger partial charge in [-0.3, -0.25) is 0 Å². The second-order valence-electron chi connectivity index (χ2n) is 4.50. The van der Waals surface area contributed by atoms with Crippen molar-refractivity contribution in [3.05, 3.63) is 24.3 Å². The summed E-state index contributed by atoms with van der Waals surface area (Å²) in [6, 6.07) is 8.47. The van der Waals surface area contributed by atoms with Crippen LogP contribution in [0.3, 0.4) is 0 Å². The molecule has 0 saturated carbocycles. The minimum atomic E-state index is 0.368. The summed E-state index contributed by atoms with van der Waals surface area (Å²) < 4.78 is 5.25. The summed E-state index contributed by atoms with van der Waals surface area (Å²) in [6.07, 6.45) is 1.14. The van der Waals surface area contributed by atoms with Crippen LogP contribution in [0.25, 0.3) is 0 Å². The number of likely N-dealkylation sites (N-methyl/N-ethyl adjacent to an activating group) is 1. The largest absolute Gasteiger partial charge is 0.497 e. The first-order chi connectivity index (χ1) is 8.13. The van der Waals surface area contributed by atoms with E-state index in [-0.39, 0.29) is 0 Å². The molecule has 0 fully saturated rings. The molecule has 1 aromatic rings. The summed E-state index contributed by atoms with van der Waals surface area (Å²) in [5.74, 6) is 1.46. The Morgan fingerprint density at radius 3 is 2.65 bits per heavy atom. The average molecular weight is 236 g/mol. The van der Waals surface area contributed by atoms with Crippen LogP contribution in [0.15, 0.2) is 24.3 Å². The van der Waals surface area contributed by atoms with E-state index in [0.29, 0.717) is 18.5 Å². The second kappa shape index (κ2) is 6.50. The second-order valence-corrected chi connectivity index (χ2v) is 4.50. The van der Waals surface area contributed by atoms with Gasteiger partial charge in [0.2, 0.25) is 0 Å². The molecule has 0 bridgehead atoms. The van der Waals surface area contributed by atoms with Crippen LogP contribution < -0.4 is 15.4 Å². The first-order valence-corrected chi connectivity index (χ1v) is 6.21.